The van der Waals surface area contributed by atoms with Crippen LogP contribution in [0.25, 0.3) is 124 Å². The summed E-state index contributed by atoms with van der Waals surface area (Å²) in [5, 5.41) is 7.45. The van der Waals surface area contributed by atoms with Crippen LogP contribution in [0.4, 0.5) is 0 Å². The van der Waals surface area contributed by atoms with E-state index in [2.05, 4.69) is 238 Å². The van der Waals surface area contributed by atoms with Crippen LogP contribution in [-0.2, 0) is 0 Å². The molecule has 5 heterocycles. The van der Waals surface area contributed by atoms with Gasteiger partial charge in [-0.3, -0.25) is 0 Å². The summed E-state index contributed by atoms with van der Waals surface area (Å²) in [4.78, 5) is 2.55. The average molecular weight is 864 g/mol. The predicted octanol–water partition coefficient (Wildman–Crippen LogP) is 17.3. The summed E-state index contributed by atoms with van der Waals surface area (Å²) >= 11 is 3.80. The number of hydrogen-bond donors (Lipinski definition) is 0. The summed E-state index contributed by atoms with van der Waals surface area (Å²) in [5.74, 6) is 0. The minimum absolute atomic E-state index is 1.15. The molecule has 14 rings (SSSR count). The Morgan fingerprint density at radius 1 is 0.262 bits per heavy atom. The second-order valence-corrected chi connectivity index (χ2v) is 19.0. The molecule has 3 nitrogen and oxygen atoms in total. The third-order valence-electron chi connectivity index (χ3n) is 13.3. The molecule has 5 heteroatoms. The maximum atomic E-state index is 2.47. The third kappa shape index (κ3) is 5.59. The number of rotatable bonds is 6. The quantitative estimate of drug-likeness (QED) is 0.158. The van der Waals surface area contributed by atoms with Crippen LogP contribution in [0.3, 0.4) is 0 Å². The number of para-hydroxylation sites is 3. The van der Waals surface area contributed by atoms with E-state index in [1.54, 1.807) is 0 Å². The zero-order chi connectivity index (χ0) is 42.6. The molecular formula is C60H37N3S2. The number of hydrogen-bond acceptors (Lipinski definition) is 2. The summed E-state index contributed by atoms with van der Waals surface area (Å²) < 4.78 is 10.0. The molecule has 65 heavy (non-hydrogen) atoms. The SMILES string of the molecule is c1ccc(-c2cc3c(s2)c2sc(-c4ccc5c(c4)c4cc6c(cc4n5-c4ccccc4)c4ccc(-c5cccc7ccccc57)cc4n6-c4ccccc4)cc2n3-c2ccccc2)cc1. The highest BCUT2D eigenvalue weighted by Gasteiger charge is 2.23. The Morgan fingerprint density at radius 2 is 0.738 bits per heavy atom. The molecule has 14 aromatic rings. The van der Waals surface area contributed by atoms with E-state index >= 15 is 0 Å². The minimum Gasteiger partial charge on any atom is -0.309 e. The Kier molecular flexibility index (Phi) is 8.02. The molecule has 0 amide bonds. The average Bonchev–Trinajstić information content (AvgIpc) is 4.19. The molecule has 0 aliphatic heterocycles. The van der Waals surface area contributed by atoms with Gasteiger partial charge in [-0.15, -0.1) is 22.7 Å². The van der Waals surface area contributed by atoms with Gasteiger partial charge < -0.3 is 13.7 Å². The number of aromatic nitrogens is 3. The smallest absolute Gasteiger partial charge is 0.0711 e. The molecule has 0 fully saturated rings. The first-order valence-corrected chi connectivity index (χ1v) is 23.7. The molecule has 9 aromatic carbocycles. The van der Waals surface area contributed by atoms with Crippen molar-refractivity contribution in [1.82, 2.24) is 13.7 Å². The Morgan fingerprint density at radius 3 is 1.38 bits per heavy atom. The molecule has 0 atom stereocenters. The van der Waals surface area contributed by atoms with E-state index < -0.39 is 0 Å². The van der Waals surface area contributed by atoms with Gasteiger partial charge in [0.05, 0.1) is 42.5 Å². The van der Waals surface area contributed by atoms with Crippen LogP contribution in [0.1, 0.15) is 0 Å². The van der Waals surface area contributed by atoms with Gasteiger partial charge in [-0.2, -0.15) is 0 Å². The lowest BCUT2D eigenvalue weighted by atomic mass is 9.97. The molecule has 0 unspecified atom stereocenters. The molecule has 0 aliphatic carbocycles. The Labute approximate surface area is 382 Å². The summed E-state index contributed by atoms with van der Waals surface area (Å²) in [5.41, 5.74) is 15.7. The van der Waals surface area contributed by atoms with Gasteiger partial charge in [-0.25, -0.2) is 0 Å². The fraction of sp³-hybridized carbons (Fsp3) is 0. The van der Waals surface area contributed by atoms with Gasteiger partial charge in [0.1, 0.15) is 0 Å². The van der Waals surface area contributed by atoms with E-state index in [9.17, 15) is 0 Å². The lowest BCUT2D eigenvalue weighted by molar-refractivity contribution is 1.17. The standard InChI is InChI=1S/C60H37N3S2/c1-5-17-39(18-6-1)57-36-55-59(64-57)60-56(63(55)44-24-11-4-12-25-44)37-58(65-60)41-29-31-51-48(32-41)50-35-53-49(34-54(50)61(51)42-20-7-2-8-21-42)47-30-28-40(33-52(47)62(53)43-22-9-3-10-23-43)46-27-15-19-38-16-13-14-26-45(38)46/h1-37H. The molecule has 0 N–H and O–H groups in total. The van der Waals surface area contributed by atoms with E-state index in [0.717, 1.165) is 11.4 Å². The normalized spacial score (nSPS) is 12.0. The van der Waals surface area contributed by atoms with Crippen LogP contribution in [0.15, 0.2) is 224 Å². The zero-order valence-electron chi connectivity index (χ0n) is 35.0. The first-order chi connectivity index (χ1) is 32.2. The third-order valence-corrected chi connectivity index (χ3v) is 15.8. The van der Waals surface area contributed by atoms with Crippen LogP contribution in [0.5, 0.6) is 0 Å². The van der Waals surface area contributed by atoms with Crippen LogP contribution < -0.4 is 0 Å². The van der Waals surface area contributed by atoms with E-state index in [-0.39, 0.29) is 0 Å². The van der Waals surface area contributed by atoms with Gasteiger partial charge in [0, 0.05) is 48.4 Å². The lowest BCUT2D eigenvalue weighted by Gasteiger charge is -2.10. The van der Waals surface area contributed by atoms with E-state index in [1.807, 2.05) is 22.7 Å². The maximum Gasteiger partial charge on any atom is 0.0711 e. The monoisotopic (exact) mass is 863 g/mol. The number of nitrogens with zero attached hydrogens (tertiary/aromatic N) is 3. The van der Waals surface area contributed by atoms with Crippen molar-refractivity contribution in [3.63, 3.8) is 0 Å². The van der Waals surface area contributed by atoms with Crippen LogP contribution in [-0.4, -0.2) is 13.7 Å². The highest BCUT2D eigenvalue weighted by atomic mass is 32.1. The highest BCUT2D eigenvalue weighted by molar-refractivity contribution is 7.30. The fourth-order valence-corrected chi connectivity index (χ4v) is 12.8. The lowest BCUT2D eigenvalue weighted by Crippen LogP contribution is -1.94. The summed E-state index contributed by atoms with van der Waals surface area (Å²) in [6.45, 7) is 0. The van der Waals surface area contributed by atoms with Crippen molar-refractivity contribution in [3.8, 4) is 49.1 Å². The Hall–Kier alpha value is -7.96. The van der Waals surface area contributed by atoms with Crippen molar-refractivity contribution in [2.45, 2.75) is 0 Å². The van der Waals surface area contributed by atoms with E-state index in [0.29, 0.717) is 0 Å². The summed E-state index contributed by atoms with van der Waals surface area (Å²) in [6.07, 6.45) is 0. The van der Waals surface area contributed by atoms with Crippen molar-refractivity contribution in [3.05, 3.63) is 224 Å². The van der Waals surface area contributed by atoms with E-state index in [1.165, 1.54) is 113 Å². The molecule has 5 aromatic heterocycles. The molecule has 0 bridgehead atoms. The second-order valence-electron chi connectivity index (χ2n) is 16.9. The highest BCUT2D eigenvalue weighted by Crippen LogP contribution is 2.48. The fourth-order valence-electron chi connectivity index (χ4n) is 10.3. The van der Waals surface area contributed by atoms with Gasteiger partial charge in [0.25, 0.3) is 0 Å². The van der Waals surface area contributed by atoms with Crippen molar-refractivity contribution in [2.24, 2.45) is 0 Å². The number of benzene rings is 9. The van der Waals surface area contributed by atoms with Gasteiger partial charge in [-0.1, -0.05) is 146 Å². The number of fused-ring (bicyclic) bond motifs is 10. The van der Waals surface area contributed by atoms with Crippen LogP contribution >= 0.6 is 22.7 Å². The van der Waals surface area contributed by atoms with Crippen LogP contribution in [0.2, 0.25) is 0 Å². The number of thiophene rings is 2. The summed E-state index contributed by atoms with van der Waals surface area (Å²) in [6, 6.07) is 82.5. The first-order valence-electron chi connectivity index (χ1n) is 22.1. The van der Waals surface area contributed by atoms with Crippen molar-refractivity contribution in [2.75, 3.05) is 0 Å². The first kappa shape index (κ1) is 36.5. The minimum atomic E-state index is 1.15. The molecule has 0 aliphatic rings. The summed E-state index contributed by atoms with van der Waals surface area (Å²) in [7, 11) is 0. The van der Waals surface area contributed by atoms with Crippen molar-refractivity contribution < 1.29 is 0 Å². The van der Waals surface area contributed by atoms with Gasteiger partial charge in [0.15, 0.2) is 0 Å². The molecule has 0 radical (unpaired) electrons. The van der Waals surface area contributed by atoms with E-state index in [4.69, 9.17) is 0 Å². The molecular weight excluding hydrogens is 827 g/mol. The van der Waals surface area contributed by atoms with Crippen LogP contribution in [0, 0.1) is 0 Å². The van der Waals surface area contributed by atoms with Gasteiger partial charge in [0.2, 0.25) is 0 Å². The zero-order valence-corrected chi connectivity index (χ0v) is 36.7. The topological polar surface area (TPSA) is 14.8 Å². The Balaban J connectivity index is 1.02. The molecule has 0 saturated heterocycles. The second kappa shape index (κ2) is 14.3. The van der Waals surface area contributed by atoms with Gasteiger partial charge in [-0.05, 0) is 112 Å². The molecule has 0 saturated carbocycles. The predicted molar refractivity (Wildman–Crippen MR) is 279 cm³/mol. The van der Waals surface area contributed by atoms with Crippen molar-refractivity contribution in [1.29, 1.82) is 0 Å². The molecule has 304 valence electrons. The maximum absolute atomic E-state index is 2.47. The molecule has 0 spiro atoms. The van der Waals surface area contributed by atoms with Crippen molar-refractivity contribution >= 4 is 97.5 Å². The Bertz CT molecular complexity index is 4140. The largest absolute Gasteiger partial charge is 0.309 e. The van der Waals surface area contributed by atoms with Gasteiger partial charge >= 0.3 is 0 Å².